The molecule has 3 nitrogen and oxygen atoms in total. The molecule has 0 radical (unpaired) electrons. The lowest BCUT2D eigenvalue weighted by Crippen LogP contribution is -2.40. The van der Waals surface area contributed by atoms with Crippen LogP contribution in [-0.2, 0) is 13.0 Å². The highest BCUT2D eigenvalue weighted by Gasteiger charge is 2.25. The van der Waals surface area contributed by atoms with E-state index >= 15 is 0 Å². The molecule has 0 amide bonds. The third-order valence-electron chi connectivity index (χ3n) is 5.06. The molecule has 1 fully saturated rings. The van der Waals surface area contributed by atoms with E-state index in [4.69, 9.17) is 0 Å². The fourth-order valence-corrected chi connectivity index (χ4v) is 3.73. The number of aromatic nitrogens is 1. The van der Waals surface area contributed by atoms with E-state index in [0.29, 0.717) is 6.04 Å². The van der Waals surface area contributed by atoms with Crippen molar-refractivity contribution >= 4 is 0 Å². The van der Waals surface area contributed by atoms with Gasteiger partial charge in [0.1, 0.15) is 0 Å². The molecule has 1 unspecified atom stereocenters. The van der Waals surface area contributed by atoms with E-state index in [1.807, 2.05) is 18.5 Å². The van der Waals surface area contributed by atoms with Gasteiger partial charge < -0.3 is 0 Å². The monoisotopic (exact) mass is 323 g/mol. The summed E-state index contributed by atoms with van der Waals surface area (Å²) in [5.41, 5.74) is 2.74. The van der Waals surface area contributed by atoms with Gasteiger partial charge in [-0.1, -0.05) is 43.3 Å². The van der Waals surface area contributed by atoms with Crippen molar-refractivity contribution in [3.63, 3.8) is 0 Å². The second-order valence-corrected chi connectivity index (χ2v) is 6.76. The Balaban J connectivity index is 1.63. The molecule has 0 N–H and O–H groups in total. The van der Waals surface area contributed by atoms with Crippen LogP contribution in [0.4, 0.5) is 0 Å². The maximum Gasteiger partial charge on any atom is 0.0312 e. The molecule has 2 aromatic rings. The van der Waals surface area contributed by atoms with E-state index in [9.17, 15) is 0 Å². The van der Waals surface area contributed by atoms with Gasteiger partial charge >= 0.3 is 0 Å². The van der Waals surface area contributed by atoms with E-state index < -0.39 is 0 Å². The van der Waals surface area contributed by atoms with E-state index in [1.165, 1.54) is 37.1 Å². The highest BCUT2D eigenvalue weighted by atomic mass is 15.2. The number of pyridine rings is 1. The van der Waals surface area contributed by atoms with Crippen LogP contribution in [0.5, 0.6) is 0 Å². The topological polar surface area (TPSA) is 19.4 Å². The van der Waals surface area contributed by atoms with Crippen LogP contribution in [0, 0.1) is 0 Å². The molecule has 0 bridgehead atoms. The first-order valence-electron chi connectivity index (χ1n) is 9.24. The third-order valence-corrected chi connectivity index (χ3v) is 5.06. The molecule has 24 heavy (non-hydrogen) atoms. The summed E-state index contributed by atoms with van der Waals surface area (Å²) in [5.74, 6) is 0. The highest BCUT2D eigenvalue weighted by molar-refractivity contribution is 5.15. The molecule has 1 aliphatic rings. The Hall–Kier alpha value is -1.71. The van der Waals surface area contributed by atoms with Gasteiger partial charge in [0.2, 0.25) is 0 Å². The Kier molecular flexibility index (Phi) is 6.39. The highest BCUT2D eigenvalue weighted by Crippen LogP contribution is 2.19. The average molecular weight is 323 g/mol. The Morgan fingerprint density at radius 1 is 1.12 bits per heavy atom. The zero-order valence-corrected chi connectivity index (χ0v) is 14.8. The van der Waals surface area contributed by atoms with Crippen LogP contribution in [0.2, 0.25) is 0 Å². The molecule has 1 atom stereocenters. The maximum absolute atomic E-state index is 4.28. The summed E-state index contributed by atoms with van der Waals surface area (Å²) in [7, 11) is 0. The number of likely N-dealkylation sites (tertiary alicyclic amines) is 1. The molecule has 0 spiro atoms. The number of rotatable bonds is 8. The van der Waals surface area contributed by atoms with Gasteiger partial charge in [0.15, 0.2) is 0 Å². The molecule has 1 aromatic heterocycles. The van der Waals surface area contributed by atoms with E-state index in [-0.39, 0.29) is 0 Å². The van der Waals surface area contributed by atoms with Crippen molar-refractivity contribution in [3.8, 4) is 0 Å². The number of hydrogen-bond acceptors (Lipinski definition) is 3. The lowest BCUT2D eigenvalue weighted by atomic mass is 10.1. The van der Waals surface area contributed by atoms with Gasteiger partial charge in [0.25, 0.3) is 0 Å². The summed E-state index contributed by atoms with van der Waals surface area (Å²) in [6.45, 7) is 7.98. The number of benzene rings is 1. The van der Waals surface area contributed by atoms with Gasteiger partial charge in [-0.2, -0.15) is 0 Å². The summed E-state index contributed by atoms with van der Waals surface area (Å²) in [6, 6.07) is 15.8. The summed E-state index contributed by atoms with van der Waals surface area (Å²) in [6.07, 6.45) is 7.65. The zero-order chi connectivity index (χ0) is 16.6. The minimum atomic E-state index is 0.711. The molecule has 2 heterocycles. The van der Waals surface area contributed by atoms with Crippen molar-refractivity contribution in [2.75, 3.05) is 26.2 Å². The van der Waals surface area contributed by atoms with Crippen molar-refractivity contribution in [2.45, 2.75) is 38.8 Å². The van der Waals surface area contributed by atoms with Crippen molar-refractivity contribution in [1.82, 2.24) is 14.8 Å². The van der Waals surface area contributed by atoms with Gasteiger partial charge in [-0.15, -0.1) is 0 Å². The molecule has 0 saturated carbocycles. The Morgan fingerprint density at radius 2 is 1.96 bits per heavy atom. The molecular weight excluding hydrogens is 294 g/mol. The first-order chi connectivity index (χ1) is 11.8. The summed E-state index contributed by atoms with van der Waals surface area (Å²) in [4.78, 5) is 9.53. The van der Waals surface area contributed by atoms with Gasteiger partial charge in [-0.05, 0) is 49.5 Å². The minimum absolute atomic E-state index is 0.711. The standard InChI is InChI=1S/C21H29N3/c1-2-24-14-7-11-21(24)18-23(17-20-10-6-13-22-16-20)15-12-19-8-4-3-5-9-19/h3-6,8-10,13,16,21H,2,7,11-12,14-15,17-18H2,1H3. The summed E-state index contributed by atoms with van der Waals surface area (Å²) < 4.78 is 0. The van der Waals surface area contributed by atoms with Crippen LogP contribution in [0.15, 0.2) is 54.9 Å². The first-order valence-corrected chi connectivity index (χ1v) is 9.24. The molecule has 1 aliphatic heterocycles. The maximum atomic E-state index is 4.28. The number of nitrogens with zero attached hydrogens (tertiary/aromatic N) is 3. The second kappa shape index (κ2) is 8.95. The van der Waals surface area contributed by atoms with Crippen LogP contribution in [0.25, 0.3) is 0 Å². The normalized spacial score (nSPS) is 18.3. The van der Waals surface area contributed by atoms with E-state index in [0.717, 1.165) is 26.1 Å². The van der Waals surface area contributed by atoms with Crippen molar-refractivity contribution in [3.05, 3.63) is 66.0 Å². The number of hydrogen-bond donors (Lipinski definition) is 0. The van der Waals surface area contributed by atoms with Crippen molar-refractivity contribution < 1.29 is 0 Å². The second-order valence-electron chi connectivity index (χ2n) is 6.76. The van der Waals surface area contributed by atoms with Gasteiger partial charge in [-0.25, -0.2) is 0 Å². The van der Waals surface area contributed by atoms with Gasteiger partial charge in [-0.3, -0.25) is 14.8 Å². The largest absolute Gasteiger partial charge is 0.299 e. The SMILES string of the molecule is CCN1CCCC1CN(CCc1ccccc1)Cc1cccnc1. The van der Waals surface area contributed by atoms with Crippen LogP contribution in [-0.4, -0.2) is 47.0 Å². The zero-order valence-electron chi connectivity index (χ0n) is 14.8. The van der Waals surface area contributed by atoms with Crippen LogP contribution in [0.3, 0.4) is 0 Å². The smallest absolute Gasteiger partial charge is 0.0312 e. The molecule has 3 heteroatoms. The molecule has 1 aromatic carbocycles. The molecule has 0 aliphatic carbocycles. The molecule has 3 rings (SSSR count). The lowest BCUT2D eigenvalue weighted by Gasteiger charge is -2.30. The third kappa shape index (κ3) is 4.89. The Bertz CT molecular complexity index is 585. The van der Waals surface area contributed by atoms with Crippen LogP contribution < -0.4 is 0 Å². The van der Waals surface area contributed by atoms with Gasteiger partial charge in [0.05, 0.1) is 0 Å². The predicted octanol–water partition coefficient (Wildman–Crippen LogP) is 3.61. The van der Waals surface area contributed by atoms with Crippen molar-refractivity contribution in [1.29, 1.82) is 0 Å². The van der Waals surface area contributed by atoms with Crippen LogP contribution >= 0.6 is 0 Å². The number of likely N-dealkylation sites (N-methyl/N-ethyl adjacent to an activating group) is 1. The summed E-state index contributed by atoms with van der Waals surface area (Å²) in [5, 5.41) is 0. The fourth-order valence-electron chi connectivity index (χ4n) is 3.73. The quantitative estimate of drug-likeness (QED) is 0.740. The van der Waals surface area contributed by atoms with Crippen molar-refractivity contribution in [2.24, 2.45) is 0 Å². The van der Waals surface area contributed by atoms with Crippen LogP contribution in [0.1, 0.15) is 30.9 Å². The van der Waals surface area contributed by atoms with E-state index in [1.54, 1.807) is 0 Å². The molecule has 1 saturated heterocycles. The Morgan fingerprint density at radius 3 is 2.71 bits per heavy atom. The minimum Gasteiger partial charge on any atom is -0.299 e. The molecule has 128 valence electrons. The summed E-state index contributed by atoms with van der Waals surface area (Å²) >= 11 is 0. The fraction of sp³-hybridized carbons (Fsp3) is 0.476. The average Bonchev–Trinajstić information content (AvgIpc) is 3.08. The van der Waals surface area contributed by atoms with E-state index in [2.05, 4.69) is 58.1 Å². The Labute approximate surface area is 146 Å². The lowest BCUT2D eigenvalue weighted by molar-refractivity contribution is 0.172. The first kappa shape index (κ1) is 17.1. The predicted molar refractivity (Wildman–Crippen MR) is 99.9 cm³/mol. The molecular formula is C21H29N3. The van der Waals surface area contributed by atoms with Gasteiger partial charge in [0, 0.05) is 38.1 Å².